The maximum absolute atomic E-state index is 13.2. The van der Waals surface area contributed by atoms with Crippen LogP contribution in [-0.2, 0) is 16.0 Å². The van der Waals surface area contributed by atoms with Gasteiger partial charge in [-0.25, -0.2) is 9.78 Å². The van der Waals surface area contributed by atoms with E-state index in [1.165, 1.54) is 15.4 Å². The predicted octanol–water partition coefficient (Wildman–Crippen LogP) is 5.06. The first-order chi connectivity index (χ1) is 21.6. The van der Waals surface area contributed by atoms with Crippen molar-refractivity contribution >= 4 is 35.1 Å². The minimum atomic E-state index is -0.267. The highest BCUT2D eigenvalue weighted by molar-refractivity contribution is 6.36. The SMILES string of the molecule is COc1nc(-c2cccc(-c3cccc(NC(=O)C4=CN(C)C(=O)N(C)C4)c3C)c2Cl)cc2c1[C@@H](NC[C@@H]1CCC(=O)N1)CC2. The molecule has 0 unspecified atom stereocenters. The molecular weight excluding hydrogens is 592 g/mol. The molecule has 2 aliphatic heterocycles. The van der Waals surface area contributed by atoms with E-state index < -0.39 is 0 Å². The highest BCUT2D eigenvalue weighted by Crippen LogP contribution is 2.43. The lowest BCUT2D eigenvalue weighted by molar-refractivity contribution is -0.119. The van der Waals surface area contributed by atoms with Crippen LogP contribution in [0.15, 0.2) is 54.2 Å². The number of benzene rings is 2. The number of fused-ring (bicyclic) bond motifs is 1. The van der Waals surface area contributed by atoms with E-state index in [9.17, 15) is 14.4 Å². The fourth-order valence-corrected chi connectivity index (χ4v) is 6.80. The second-order valence-corrected chi connectivity index (χ2v) is 12.3. The molecule has 234 valence electrons. The third-order valence-electron chi connectivity index (χ3n) is 8.87. The number of nitrogens with one attached hydrogen (secondary N) is 3. The van der Waals surface area contributed by atoms with E-state index in [-0.39, 0.29) is 36.5 Å². The first-order valence-electron chi connectivity index (χ1n) is 15.1. The minimum absolute atomic E-state index is 0.0991. The number of likely N-dealkylation sites (N-methyl/N-ethyl adjacent to an activating group) is 1. The third kappa shape index (κ3) is 6.00. The van der Waals surface area contributed by atoms with Crippen LogP contribution in [0.4, 0.5) is 10.5 Å². The number of urea groups is 1. The zero-order valence-corrected chi connectivity index (χ0v) is 26.6. The summed E-state index contributed by atoms with van der Waals surface area (Å²) in [7, 11) is 4.93. The molecule has 0 radical (unpaired) electrons. The molecule has 1 fully saturated rings. The Bertz CT molecular complexity index is 1720. The molecule has 11 heteroatoms. The number of rotatable bonds is 8. The van der Waals surface area contributed by atoms with Gasteiger partial charge in [-0.1, -0.05) is 41.9 Å². The molecule has 1 aromatic heterocycles. The number of ether oxygens (including phenoxy) is 1. The van der Waals surface area contributed by atoms with Gasteiger partial charge >= 0.3 is 6.03 Å². The lowest BCUT2D eigenvalue weighted by atomic mass is 9.96. The highest BCUT2D eigenvalue weighted by Gasteiger charge is 2.30. The van der Waals surface area contributed by atoms with Gasteiger partial charge < -0.3 is 30.5 Å². The Morgan fingerprint density at radius 3 is 2.58 bits per heavy atom. The van der Waals surface area contributed by atoms with Crippen molar-refractivity contribution in [3.63, 3.8) is 0 Å². The number of carbonyl (C=O) groups excluding carboxylic acids is 3. The second-order valence-electron chi connectivity index (χ2n) is 11.9. The van der Waals surface area contributed by atoms with Gasteiger partial charge in [-0.3, -0.25) is 9.59 Å². The van der Waals surface area contributed by atoms with Crippen LogP contribution in [-0.4, -0.2) is 73.0 Å². The first-order valence-corrected chi connectivity index (χ1v) is 15.5. The predicted molar refractivity (Wildman–Crippen MR) is 174 cm³/mol. The molecule has 0 spiro atoms. The smallest absolute Gasteiger partial charge is 0.323 e. The van der Waals surface area contributed by atoms with E-state index in [1.54, 1.807) is 27.4 Å². The largest absolute Gasteiger partial charge is 0.481 e. The fraction of sp³-hybridized carbons (Fsp3) is 0.353. The van der Waals surface area contributed by atoms with Crippen molar-refractivity contribution in [2.45, 2.75) is 44.7 Å². The molecule has 0 saturated carbocycles. The maximum atomic E-state index is 13.2. The van der Waals surface area contributed by atoms with Crippen molar-refractivity contribution in [2.75, 3.05) is 39.6 Å². The van der Waals surface area contributed by atoms with Crippen molar-refractivity contribution < 1.29 is 19.1 Å². The van der Waals surface area contributed by atoms with Gasteiger partial charge in [-0.15, -0.1) is 0 Å². The summed E-state index contributed by atoms with van der Waals surface area (Å²) in [6.45, 7) is 2.89. The number of halogens is 1. The minimum Gasteiger partial charge on any atom is -0.481 e. The van der Waals surface area contributed by atoms with Crippen LogP contribution < -0.4 is 20.7 Å². The summed E-state index contributed by atoms with van der Waals surface area (Å²) in [6.07, 6.45) is 4.80. The molecule has 1 aliphatic carbocycles. The Balaban J connectivity index is 1.26. The average Bonchev–Trinajstić information content (AvgIpc) is 3.64. The number of methoxy groups -OCH3 is 1. The molecule has 3 N–H and O–H groups in total. The number of amides is 4. The van der Waals surface area contributed by atoms with E-state index in [1.807, 2.05) is 43.3 Å². The van der Waals surface area contributed by atoms with Crippen molar-refractivity contribution in [1.29, 1.82) is 0 Å². The summed E-state index contributed by atoms with van der Waals surface area (Å²) in [5.41, 5.74) is 7.48. The van der Waals surface area contributed by atoms with Gasteiger partial charge in [-0.2, -0.15) is 0 Å². The lowest BCUT2D eigenvalue weighted by Crippen LogP contribution is -2.43. The quantitative estimate of drug-likeness (QED) is 0.321. The van der Waals surface area contributed by atoms with Gasteiger partial charge in [0.25, 0.3) is 5.91 Å². The van der Waals surface area contributed by atoms with E-state index in [0.717, 1.165) is 52.8 Å². The average molecular weight is 629 g/mol. The Morgan fingerprint density at radius 1 is 1.09 bits per heavy atom. The molecule has 45 heavy (non-hydrogen) atoms. The van der Waals surface area contributed by atoms with Crippen molar-refractivity contribution in [3.8, 4) is 28.3 Å². The van der Waals surface area contributed by atoms with Crippen LogP contribution in [0.25, 0.3) is 22.4 Å². The molecule has 6 rings (SSSR count). The zero-order chi connectivity index (χ0) is 31.8. The van der Waals surface area contributed by atoms with Crippen molar-refractivity contribution in [2.24, 2.45) is 0 Å². The van der Waals surface area contributed by atoms with E-state index >= 15 is 0 Å². The van der Waals surface area contributed by atoms with Crippen molar-refractivity contribution in [3.05, 3.63) is 76.0 Å². The van der Waals surface area contributed by atoms with Gasteiger partial charge in [0.2, 0.25) is 11.8 Å². The fourth-order valence-electron chi connectivity index (χ4n) is 6.47. The van der Waals surface area contributed by atoms with Gasteiger partial charge in [0.05, 0.1) is 29.9 Å². The summed E-state index contributed by atoms with van der Waals surface area (Å²) in [6, 6.07) is 13.8. The summed E-state index contributed by atoms with van der Waals surface area (Å²) in [4.78, 5) is 44.7. The molecule has 4 amide bonds. The van der Waals surface area contributed by atoms with Crippen LogP contribution in [0.5, 0.6) is 5.88 Å². The van der Waals surface area contributed by atoms with Crippen LogP contribution in [0.3, 0.4) is 0 Å². The molecule has 3 aromatic rings. The molecule has 3 aliphatic rings. The van der Waals surface area contributed by atoms with Gasteiger partial charge in [0.1, 0.15) is 0 Å². The number of nitrogens with zero attached hydrogens (tertiary/aromatic N) is 3. The van der Waals surface area contributed by atoms with Gasteiger partial charge in [0.15, 0.2) is 0 Å². The number of hydrogen-bond acceptors (Lipinski definition) is 6. The van der Waals surface area contributed by atoms with Crippen molar-refractivity contribution in [1.82, 2.24) is 25.4 Å². The lowest BCUT2D eigenvalue weighted by Gasteiger charge is -2.29. The monoisotopic (exact) mass is 628 g/mol. The number of hydrogen-bond donors (Lipinski definition) is 3. The van der Waals surface area contributed by atoms with Crippen LogP contribution >= 0.6 is 11.6 Å². The Kier molecular flexibility index (Phi) is 8.52. The maximum Gasteiger partial charge on any atom is 0.323 e. The number of carbonyl (C=O) groups is 3. The number of pyridine rings is 1. The summed E-state index contributed by atoms with van der Waals surface area (Å²) in [5.74, 6) is 0.419. The molecule has 2 atom stereocenters. The normalized spacial score (nSPS) is 19.4. The van der Waals surface area contributed by atoms with Gasteiger partial charge in [-0.05, 0) is 55.0 Å². The Morgan fingerprint density at radius 2 is 1.84 bits per heavy atom. The second kappa shape index (κ2) is 12.5. The number of aryl methyl sites for hydroxylation is 1. The first kappa shape index (κ1) is 30.6. The standard InChI is InChI=1S/C34H37ClN6O4/c1-19-23(7-6-10-26(19)38-32(43)21-17-40(2)34(44)41(3)18-21)24-8-5-9-25(31(24)35)28-15-20-11-13-27(30(20)33(39-28)45-4)36-16-22-12-14-29(42)37-22/h5-10,15,17,22,27,36H,11-14,16,18H2,1-4H3,(H,37,42)(H,38,43)/t22-,27-/m0/s1. The molecule has 0 bridgehead atoms. The third-order valence-corrected chi connectivity index (χ3v) is 9.28. The number of anilines is 1. The molecule has 1 saturated heterocycles. The van der Waals surface area contributed by atoms with Gasteiger partial charge in [0, 0.05) is 67.7 Å². The Labute approximate surface area is 267 Å². The van der Waals surface area contributed by atoms with Crippen LogP contribution in [0.2, 0.25) is 5.02 Å². The molecule has 2 aromatic carbocycles. The summed E-state index contributed by atoms with van der Waals surface area (Å²) < 4.78 is 5.80. The zero-order valence-electron chi connectivity index (χ0n) is 25.9. The topological polar surface area (TPSA) is 116 Å². The molecule has 10 nitrogen and oxygen atoms in total. The Hall–Kier alpha value is -4.41. The van der Waals surface area contributed by atoms with E-state index in [4.69, 9.17) is 21.3 Å². The summed E-state index contributed by atoms with van der Waals surface area (Å²) in [5, 5.41) is 10.2. The molecular formula is C34H37ClN6O4. The summed E-state index contributed by atoms with van der Waals surface area (Å²) >= 11 is 7.12. The van der Waals surface area contributed by atoms with E-state index in [0.29, 0.717) is 35.1 Å². The van der Waals surface area contributed by atoms with E-state index in [2.05, 4.69) is 22.0 Å². The van der Waals surface area contributed by atoms with Crippen LogP contribution in [0.1, 0.15) is 42.0 Å². The van der Waals surface area contributed by atoms with Crippen LogP contribution in [0, 0.1) is 6.92 Å². The number of aromatic nitrogens is 1. The molecule has 3 heterocycles. The highest BCUT2D eigenvalue weighted by atomic mass is 35.5.